The highest BCUT2D eigenvalue weighted by Gasteiger charge is 2.37. The molecule has 4 rings (SSSR count). The number of pyridine rings is 1. The van der Waals surface area contributed by atoms with Crippen LogP contribution in [0.1, 0.15) is 26.7 Å². The lowest BCUT2D eigenvalue weighted by atomic mass is 10.0. The fraction of sp³-hybridized carbons (Fsp3) is 0.500. The van der Waals surface area contributed by atoms with E-state index < -0.39 is 0 Å². The number of carbonyl (C=O) groups is 1. The first-order valence-electron chi connectivity index (χ1n) is 11.5. The molecule has 0 radical (unpaired) electrons. The Morgan fingerprint density at radius 2 is 2.18 bits per heavy atom. The van der Waals surface area contributed by atoms with Crippen LogP contribution < -0.4 is 20.5 Å². The molecule has 1 amide bonds. The lowest BCUT2D eigenvalue weighted by Gasteiger charge is -2.46. The second kappa shape index (κ2) is 10.2. The smallest absolute Gasteiger partial charge is 0.316 e. The van der Waals surface area contributed by atoms with Crippen molar-refractivity contribution in [1.82, 2.24) is 25.2 Å². The highest BCUT2D eigenvalue weighted by Crippen LogP contribution is 2.33. The zero-order valence-corrected chi connectivity index (χ0v) is 19.5. The van der Waals surface area contributed by atoms with Crippen LogP contribution in [0.15, 0.2) is 41.5 Å². The van der Waals surface area contributed by atoms with Gasteiger partial charge < -0.3 is 24.8 Å². The minimum atomic E-state index is -0.134. The minimum absolute atomic E-state index is 0.0129. The largest absolute Gasteiger partial charge is 0.467 e. The molecular formula is C24H32N6O3. The first-order valence-corrected chi connectivity index (χ1v) is 11.5. The van der Waals surface area contributed by atoms with Crippen molar-refractivity contribution in [2.24, 2.45) is 5.92 Å². The van der Waals surface area contributed by atoms with Crippen LogP contribution in [0.2, 0.25) is 0 Å². The number of anilines is 1. The average Bonchev–Trinajstić information content (AvgIpc) is 3.59. The Morgan fingerprint density at radius 1 is 1.39 bits per heavy atom. The molecule has 1 saturated heterocycles. The molecule has 9 nitrogen and oxygen atoms in total. The molecule has 1 aliphatic carbocycles. The first kappa shape index (κ1) is 23.0. The Kier molecular flexibility index (Phi) is 7.08. The quantitative estimate of drug-likeness (QED) is 0.530. The summed E-state index contributed by atoms with van der Waals surface area (Å²) in [6.07, 6.45) is 9.15. The van der Waals surface area contributed by atoms with E-state index in [4.69, 9.17) is 4.74 Å². The van der Waals surface area contributed by atoms with Crippen LogP contribution in [-0.4, -0.2) is 71.1 Å². The number of aromatic amines is 1. The van der Waals surface area contributed by atoms with Gasteiger partial charge in [0.05, 0.1) is 18.8 Å². The molecule has 2 aromatic rings. The lowest BCUT2D eigenvalue weighted by Crippen LogP contribution is -2.62. The maximum absolute atomic E-state index is 12.8. The number of rotatable bonds is 10. The third kappa shape index (κ3) is 5.78. The SMILES string of the molecule is COc1nccc(-c2c[nH]c(=O)c(N(CC3CC3)C3CN(C(=O)/C=C/CNC(C)C)C3)c2)n1. The zero-order valence-electron chi connectivity index (χ0n) is 19.5. The van der Waals surface area contributed by atoms with E-state index in [-0.39, 0.29) is 23.5 Å². The fourth-order valence-corrected chi connectivity index (χ4v) is 3.86. The van der Waals surface area contributed by atoms with Crippen LogP contribution >= 0.6 is 0 Å². The Labute approximate surface area is 193 Å². The number of aromatic nitrogens is 3. The number of hydrogen-bond donors (Lipinski definition) is 2. The lowest BCUT2D eigenvalue weighted by molar-refractivity contribution is -0.130. The minimum Gasteiger partial charge on any atom is -0.467 e. The monoisotopic (exact) mass is 452 g/mol. The highest BCUT2D eigenvalue weighted by molar-refractivity contribution is 5.88. The van der Waals surface area contributed by atoms with Crippen LogP contribution in [0.3, 0.4) is 0 Å². The molecule has 1 saturated carbocycles. The number of likely N-dealkylation sites (tertiary alicyclic amines) is 1. The summed E-state index contributed by atoms with van der Waals surface area (Å²) in [7, 11) is 1.52. The van der Waals surface area contributed by atoms with Crippen LogP contribution in [-0.2, 0) is 4.79 Å². The van der Waals surface area contributed by atoms with E-state index in [1.807, 2.05) is 17.0 Å². The number of ether oxygens (including phenoxy) is 1. The molecule has 0 atom stereocenters. The van der Waals surface area contributed by atoms with Crippen LogP contribution in [0.4, 0.5) is 5.69 Å². The van der Waals surface area contributed by atoms with E-state index >= 15 is 0 Å². The topological polar surface area (TPSA) is 103 Å². The number of amides is 1. The fourth-order valence-electron chi connectivity index (χ4n) is 3.86. The van der Waals surface area contributed by atoms with Gasteiger partial charge in [-0.15, -0.1) is 0 Å². The average molecular weight is 453 g/mol. The first-order chi connectivity index (χ1) is 15.9. The Bertz CT molecular complexity index is 1060. The Balaban J connectivity index is 1.48. The summed E-state index contributed by atoms with van der Waals surface area (Å²) in [5.74, 6) is 0.609. The number of H-pyrrole nitrogens is 1. The summed E-state index contributed by atoms with van der Waals surface area (Å²) >= 11 is 0. The number of methoxy groups -OCH3 is 1. The maximum Gasteiger partial charge on any atom is 0.316 e. The summed E-state index contributed by atoms with van der Waals surface area (Å²) in [6.45, 7) is 6.85. The van der Waals surface area contributed by atoms with E-state index in [1.165, 1.54) is 20.0 Å². The molecule has 2 aromatic heterocycles. The summed E-state index contributed by atoms with van der Waals surface area (Å²) in [5.41, 5.74) is 1.95. The molecule has 2 fully saturated rings. The van der Waals surface area contributed by atoms with Gasteiger partial charge in [-0.3, -0.25) is 9.59 Å². The second-order valence-corrected chi connectivity index (χ2v) is 8.99. The van der Waals surface area contributed by atoms with Gasteiger partial charge in [0.25, 0.3) is 5.56 Å². The van der Waals surface area contributed by atoms with Gasteiger partial charge >= 0.3 is 6.01 Å². The molecular weight excluding hydrogens is 420 g/mol. The van der Waals surface area contributed by atoms with Gasteiger partial charge in [0.1, 0.15) is 5.69 Å². The van der Waals surface area contributed by atoms with Gasteiger partial charge in [-0.2, -0.15) is 4.98 Å². The van der Waals surface area contributed by atoms with E-state index in [9.17, 15) is 9.59 Å². The molecule has 0 aromatic carbocycles. The standard InChI is InChI=1S/C24H32N6O3/c1-16(2)25-9-4-5-22(31)29-14-19(15-29)30(13-17-6-7-17)21-11-18(12-27-23(21)32)20-8-10-26-24(28-20)33-3/h4-5,8,10-12,16-17,19,25H,6-7,9,13-15H2,1-3H3,(H,27,32)/b5-4+. The van der Waals surface area contributed by atoms with Gasteiger partial charge in [0.2, 0.25) is 5.91 Å². The van der Waals surface area contributed by atoms with Gasteiger partial charge in [-0.05, 0) is 30.9 Å². The molecule has 9 heteroatoms. The van der Waals surface area contributed by atoms with Crippen molar-refractivity contribution in [3.63, 3.8) is 0 Å². The molecule has 1 aliphatic heterocycles. The Hall–Kier alpha value is -3.20. The van der Waals surface area contributed by atoms with E-state index in [0.717, 1.165) is 12.1 Å². The van der Waals surface area contributed by atoms with Crippen LogP contribution in [0.5, 0.6) is 6.01 Å². The predicted octanol–water partition coefficient (Wildman–Crippen LogP) is 1.82. The zero-order chi connectivity index (χ0) is 23.4. The van der Waals surface area contributed by atoms with Crippen molar-refractivity contribution in [3.05, 3.63) is 47.0 Å². The Morgan fingerprint density at radius 3 is 2.88 bits per heavy atom. The summed E-state index contributed by atoms with van der Waals surface area (Å²) in [5, 5.41) is 3.26. The van der Waals surface area contributed by atoms with Gasteiger partial charge in [-0.1, -0.05) is 19.9 Å². The third-order valence-electron chi connectivity index (χ3n) is 5.98. The van der Waals surface area contributed by atoms with Crippen molar-refractivity contribution >= 4 is 11.6 Å². The summed E-state index contributed by atoms with van der Waals surface area (Å²) in [6, 6.07) is 4.44. The van der Waals surface area contributed by atoms with Crippen molar-refractivity contribution in [3.8, 4) is 17.3 Å². The van der Waals surface area contributed by atoms with Crippen LogP contribution in [0.25, 0.3) is 11.3 Å². The number of carbonyl (C=O) groups excluding carboxylic acids is 1. The maximum atomic E-state index is 12.8. The van der Waals surface area contributed by atoms with Gasteiger partial charge in [-0.25, -0.2) is 4.98 Å². The predicted molar refractivity (Wildman–Crippen MR) is 127 cm³/mol. The van der Waals surface area contributed by atoms with Crippen LogP contribution in [0, 0.1) is 5.92 Å². The van der Waals surface area contributed by atoms with E-state index in [1.54, 1.807) is 24.5 Å². The number of nitrogens with one attached hydrogen (secondary N) is 2. The normalized spacial score (nSPS) is 16.3. The molecule has 0 bridgehead atoms. The van der Waals surface area contributed by atoms with Crippen molar-refractivity contribution in [2.45, 2.75) is 38.8 Å². The van der Waals surface area contributed by atoms with Crippen molar-refractivity contribution < 1.29 is 9.53 Å². The van der Waals surface area contributed by atoms with Gasteiger partial charge in [0, 0.05) is 56.3 Å². The molecule has 0 spiro atoms. The number of nitrogens with zero attached hydrogens (tertiary/aromatic N) is 4. The number of hydrogen-bond acceptors (Lipinski definition) is 7. The molecule has 2 N–H and O–H groups in total. The molecule has 3 heterocycles. The third-order valence-corrected chi connectivity index (χ3v) is 5.98. The van der Waals surface area contributed by atoms with Crippen molar-refractivity contribution in [1.29, 1.82) is 0 Å². The van der Waals surface area contributed by atoms with E-state index in [2.05, 4.69) is 39.0 Å². The summed E-state index contributed by atoms with van der Waals surface area (Å²) < 4.78 is 5.13. The molecule has 176 valence electrons. The molecule has 0 unspecified atom stereocenters. The van der Waals surface area contributed by atoms with Crippen molar-refractivity contribution in [2.75, 3.05) is 38.2 Å². The summed E-state index contributed by atoms with van der Waals surface area (Å²) in [4.78, 5) is 40.6. The van der Waals surface area contributed by atoms with Gasteiger partial charge in [0.15, 0.2) is 0 Å². The second-order valence-electron chi connectivity index (χ2n) is 8.99. The highest BCUT2D eigenvalue weighted by atomic mass is 16.5. The van der Waals surface area contributed by atoms with E-state index in [0.29, 0.717) is 43.0 Å². The molecule has 33 heavy (non-hydrogen) atoms. The molecule has 2 aliphatic rings.